The molecule has 12 nitrogen and oxygen atoms in total. The van der Waals surface area contributed by atoms with Crippen LogP contribution in [0.4, 0.5) is 0 Å². The Morgan fingerprint density at radius 2 is 1.12 bits per heavy atom. The molecule has 266 valence electrons. The summed E-state index contributed by atoms with van der Waals surface area (Å²) in [6.45, 7) is 2.89. The average Bonchev–Trinajstić information content (AvgIpc) is 3.12. The Bertz CT molecular complexity index is 1390. The number of carbonyl (C=O) groups is 1. The van der Waals surface area contributed by atoms with Crippen LogP contribution in [0, 0.1) is 5.92 Å². The number of hydrogen-bond acceptors (Lipinski definition) is 12. The fraction of sp³-hybridized carbons (Fsp3) is 0.486. The van der Waals surface area contributed by atoms with Crippen LogP contribution in [-0.4, -0.2) is 101 Å². The van der Waals surface area contributed by atoms with Gasteiger partial charge < -0.3 is 53.6 Å². The summed E-state index contributed by atoms with van der Waals surface area (Å²) in [6.07, 6.45) is -12.3. The molecule has 3 aromatic rings. The molecule has 0 aliphatic carbocycles. The minimum Gasteiger partial charge on any atom is -0.456 e. The molecule has 2 fully saturated rings. The number of hydrogen-bond donors (Lipinski definition) is 4. The van der Waals surface area contributed by atoms with Gasteiger partial charge in [0.2, 0.25) is 0 Å². The third kappa shape index (κ3) is 9.92. The predicted molar refractivity (Wildman–Crippen MR) is 174 cm³/mol. The van der Waals surface area contributed by atoms with E-state index >= 15 is 0 Å². The maximum atomic E-state index is 12.2. The molecule has 2 aliphatic heterocycles. The lowest BCUT2D eigenvalue weighted by molar-refractivity contribution is -0.338. The first-order chi connectivity index (χ1) is 23.7. The van der Waals surface area contributed by atoms with Crippen LogP contribution in [0.15, 0.2) is 91.0 Å². The van der Waals surface area contributed by atoms with Gasteiger partial charge in [0.1, 0.15) is 42.7 Å². The highest BCUT2D eigenvalue weighted by molar-refractivity contribution is 5.71. The van der Waals surface area contributed by atoms with Gasteiger partial charge in [-0.3, -0.25) is 4.79 Å². The van der Waals surface area contributed by atoms with E-state index in [4.69, 9.17) is 33.2 Å². The van der Waals surface area contributed by atoms with Gasteiger partial charge in [-0.1, -0.05) is 105 Å². The Hall–Kier alpha value is -3.27. The maximum absolute atomic E-state index is 12.2. The van der Waals surface area contributed by atoms with Crippen LogP contribution in [0.1, 0.15) is 30.5 Å². The number of aliphatic hydroxyl groups excluding tert-OH is 4. The molecule has 49 heavy (non-hydrogen) atoms. The third-order valence-corrected chi connectivity index (χ3v) is 8.43. The molecule has 10 atom stereocenters. The summed E-state index contributed by atoms with van der Waals surface area (Å²) in [5, 5.41) is 43.1. The lowest BCUT2D eigenvalue weighted by atomic mass is 9.97. The van der Waals surface area contributed by atoms with Gasteiger partial charge >= 0.3 is 5.97 Å². The molecular weight excluding hydrogens is 636 g/mol. The van der Waals surface area contributed by atoms with Crippen molar-refractivity contribution in [3.63, 3.8) is 0 Å². The zero-order valence-electron chi connectivity index (χ0n) is 27.6. The van der Waals surface area contributed by atoms with Crippen molar-refractivity contribution >= 4 is 5.97 Å². The van der Waals surface area contributed by atoms with E-state index in [1.165, 1.54) is 0 Å². The standard InChI is InChI=1S/C37H46O12/c1-23(2)35(41)49-31-27(18-38)48-37(30(40)29(31)39)46-22-28-32(43-19-24-12-6-3-7-13-24)33(44-20-25-14-8-4-9-15-25)34(36(42)47-28)45-21-26-16-10-5-11-17-26/h3-17,23,27-34,36-40,42H,18-22H2,1-2H3/t27-,28-,29-,30-,31-,32-,33+,34-,36+,37-/m1/s1. The normalized spacial score (nSPS) is 30.3. The molecule has 2 heterocycles. The number of aliphatic hydroxyl groups is 4. The van der Waals surface area contributed by atoms with Crippen molar-refractivity contribution in [1.29, 1.82) is 0 Å². The van der Waals surface area contributed by atoms with Crippen molar-refractivity contribution in [3.05, 3.63) is 108 Å². The van der Waals surface area contributed by atoms with Crippen LogP contribution >= 0.6 is 0 Å². The predicted octanol–water partition coefficient (Wildman–Crippen LogP) is 2.48. The van der Waals surface area contributed by atoms with Crippen LogP contribution in [-0.2, 0) is 57.8 Å². The number of carbonyl (C=O) groups excluding carboxylic acids is 1. The Balaban J connectivity index is 1.36. The van der Waals surface area contributed by atoms with E-state index in [-0.39, 0.29) is 26.4 Å². The molecule has 0 bridgehead atoms. The molecular formula is C37H46O12. The lowest BCUT2D eigenvalue weighted by Gasteiger charge is -2.45. The van der Waals surface area contributed by atoms with Crippen LogP contribution in [0.2, 0.25) is 0 Å². The second-order valence-corrected chi connectivity index (χ2v) is 12.4. The minimum atomic E-state index is -1.64. The van der Waals surface area contributed by atoms with E-state index in [1.807, 2.05) is 91.0 Å². The smallest absolute Gasteiger partial charge is 0.308 e. The molecule has 2 saturated heterocycles. The zero-order chi connectivity index (χ0) is 34.8. The first-order valence-corrected chi connectivity index (χ1v) is 16.5. The first-order valence-electron chi connectivity index (χ1n) is 16.5. The third-order valence-electron chi connectivity index (χ3n) is 8.43. The van der Waals surface area contributed by atoms with E-state index in [1.54, 1.807) is 13.8 Å². The monoisotopic (exact) mass is 682 g/mol. The summed E-state index contributed by atoms with van der Waals surface area (Å²) in [6, 6.07) is 28.6. The van der Waals surface area contributed by atoms with Crippen molar-refractivity contribution in [3.8, 4) is 0 Å². The maximum Gasteiger partial charge on any atom is 0.308 e. The fourth-order valence-corrected chi connectivity index (χ4v) is 5.69. The van der Waals surface area contributed by atoms with E-state index < -0.39 is 79.9 Å². The van der Waals surface area contributed by atoms with Crippen molar-refractivity contribution in [2.75, 3.05) is 13.2 Å². The molecule has 12 heteroatoms. The molecule has 0 saturated carbocycles. The molecule has 0 radical (unpaired) electrons. The summed E-state index contributed by atoms with van der Waals surface area (Å²) in [5.41, 5.74) is 2.68. The van der Waals surface area contributed by atoms with Gasteiger partial charge in [0.25, 0.3) is 0 Å². The molecule has 3 aromatic carbocycles. The van der Waals surface area contributed by atoms with Gasteiger partial charge in [-0.05, 0) is 16.7 Å². The van der Waals surface area contributed by atoms with Crippen molar-refractivity contribution < 1.29 is 58.4 Å². The average molecular weight is 683 g/mol. The van der Waals surface area contributed by atoms with Crippen LogP contribution in [0.3, 0.4) is 0 Å². The summed E-state index contributed by atoms with van der Waals surface area (Å²) in [5.74, 6) is -1.12. The Labute approximate surface area is 286 Å². The highest BCUT2D eigenvalue weighted by Gasteiger charge is 2.50. The van der Waals surface area contributed by atoms with Crippen LogP contribution in [0.25, 0.3) is 0 Å². The first kappa shape index (κ1) is 37.0. The van der Waals surface area contributed by atoms with Gasteiger partial charge in [0.05, 0.1) is 39.0 Å². The van der Waals surface area contributed by atoms with Gasteiger partial charge in [-0.25, -0.2) is 0 Å². The quantitative estimate of drug-likeness (QED) is 0.174. The minimum absolute atomic E-state index is 0.175. The van der Waals surface area contributed by atoms with Crippen molar-refractivity contribution in [2.24, 2.45) is 5.92 Å². The second kappa shape index (κ2) is 18.1. The molecule has 0 spiro atoms. The Morgan fingerprint density at radius 3 is 1.61 bits per heavy atom. The van der Waals surface area contributed by atoms with Crippen molar-refractivity contribution in [1.82, 2.24) is 0 Å². The summed E-state index contributed by atoms with van der Waals surface area (Å²) in [7, 11) is 0. The van der Waals surface area contributed by atoms with Crippen molar-refractivity contribution in [2.45, 2.75) is 95.1 Å². The molecule has 2 aliphatic rings. The Morgan fingerprint density at radius 1 is 0.633 bits per heavy atom. The second-order valence-electron chi connectivity index (χ2n) is 12.4. The zero-order valence-corrected chi connectivity index (χ0v) is 27.6. The van der Waals surface area contributed by atoms with E-state index in [0.717, 1.165) is 16.7 Å². The number of ether oxygens (including phenoxy) is 7. The summed E-state index contributed by atoms with van der Waals surface area (Å²) in [4.78, 5) is 12.2. The topological polar surface area (TPSA) is 163 Å². The van der Waals surface area contributed by atoms with E-state index in [0.29, 0.717) is 0 Å². The molecule has 0 aromatic heterocycles. The largest absolute Gasteiger partial charge is 0.456 e. The van der Waals surface area contributed by atoms with Gasteiger partial charge in [-0.2, -0.15) is 0 Å². The highest BCUT2D eigenvalue weighted by atomic mass is 16.7. The van der Waals surface area contributed by atoms with E-state index in [2.05, 4.69) is 0 Å². The van der Waals surface area contributed by atoms with E-state index in [9.17, 15) is 25.2 Å². The summed E-state index contributed by atoms with van der Waals surface area (Å²) < 4.78 is 42.3. The van der Waals surface area contributed by atoms with Gasteiger partial charge in [0, 0.05) is 0 Å². The Kier molecular flexibility index (Phi) is 13.7. The highest BCUT2D eigenvalue weighted by Crippen LogP contribution is 2.31. The van der Waals surface area contributed by atoms with Gasteiger partial charge in [0.15, 0.2) is 18.7 Å². The number of benzene rings is 3. The number of rotatable bonds is 15. The molecule has 0 unspecified atom stereocenters. The lowest BCUT2D eigenvalue weighted by Crippen LogP contribution is -2.63. The molecule has 5 rings (SSSR count). The number of esters is 1. The SMILES string of the molecule is CC(C)C(=O)O[C@H]1[C@H](O)[C@@H](O)[C@H](OC[C@H]2O[C@H](O)[C@H](OCc3ccccc3)[C@@H](OCc3ccccc3)[C@@H]2OCc2ccccc2)O[C@@H]1CO. The van der Waals surface area contributed by atoms with Crippen LogP contribution in [0.5, 0.6) is 0 Å². The van der Waals surface area contributed by atoms with Gasteiger partial charge in [-0.15, -0.1) is 0 Å². The molecule has 4 N–H and O–H groups in total. The summed E-state index contributed by atoms with van der Waals surface area (Å²) >= 11 is 0. The van der Waals surface area contributed by atoms with Crippen LogP contribution < -0.4 is 0 Å². The fourth-order valence-electron chi connectivity index (χ4n) is 5.69. The molecule has 0 amide bonds.